The Morgan fingerprint density at radius 2 is 1.63 bits per heavy atom. The molecule has 3 aromatic rings. The van der Waals surface area contributed by atoms with Gasteiger partial charge in [-0.05, 0) is 43.0 Å². The fourth-order valence-corrected chi connectivity index (χ4v) is 4.04. The number of anilines is 1. The molecule has 2 heteroatoms. The van der Waals surface area contributed by atoms with Crippen molar-refractivity contribution >= 4 is 11.5 Å². The number of rotatable bonds is 5. The Morgan fingerprint density at radius 3 is 2.41 bits per heavy atom. The molecule has 0 saturated heterocycles. The zero-order valence-corrected chi connectivity index (χ0v) is 15.8. The summed E-state index contributed by atoms with van der Waals surface area (Å²) in [7, 11) is 0. The molecule has 0 aliphatic carbocycles. The van der Waals surface area contributed by atoms with Crippen LogP contribution in [-0.4, -0.2) is 12.3 Å². The largest absolute Gasteiger partial charge is 0.364 e. The number of ketones is 1. The first-order valence-corrected chi connectivity index (χ1v) is 9.72. The van der Waals surface area contributed by atoms with E-state index < -0.39 is 0 Å². The van der Waals surface area contributed by atoms with Crippen molar-refractivity contribution < 1.29 is 4.79 Å². The fourth-order valence-electron chi connectivity index (χ4n) is 4.04. The summed E-state index contributed by atoms with van der Waals surface area (Å²) in [5.74, 6) is 0.225. The first kappa shape index (κ1) is 17.5. The normalized spacial score (nSPS) is 16.0. The molecule has 0 aromatic heterocycles. The molecule has 0 spiro atoms. The minimum absolute atomic E-state index is 0.225. The van der Waals surface area contributed by atoms with Crippen LogP contribution in [0.4, 0.5) is 5.69 Å². The Balaban J connectivity index is 1.60. The van der Waals surface area contributed by atoms with Crippen LogP contribution in [0.25, 0.3) is 0 Å². The van der Waals surface area contributed by atoms with Crippen molar-refractivity contribution in [3.05, 3.63) is 101 Å². The van der Waals surface area contributed by atoms with Gasteiger partial charge >= 0.3 is 0 Å². The molecule has 4 rings (SSSR count). The lowest BCUT2D eigenvalue weighted by Crippen LogP contribution is -2.35. The highest BCUT2D eigenvalue weighted by Gasteiger charge is 2.27. The first-order valence-electron chi connectivity index (χ1n) is 9.72. The smallest absolute Gasteiger partial charge is 0.162 e. The number of carbonyl (C=O) groups excluding carboxylic acids is 1. The first-order chi connectivity index (χ1) is 13.2. The molecule has 1 unspecified atom stereocenters. The molecule has 1 aliphatic heterocycles. The van der Waals surface area contributed by atoms with E-state index in [1.807, 2.05) is 30.3 Å². The summed E-state index contributed by atoms with van der Waals surface area (Å²) in [5.41, 5.74) is 6.10. The highest BCUT2D eigenvalue weighted by atomic mass is 16.1. The quantitative estimate of drug-likeness (QED) is 0.542. The Kier molecular flexibility index (Phi) is 5.06. The molecule has 0 saturated carbocycles. The van der Waals surface area contributed by atoms with E-state index in [4.69, 9.17) is 0 Å². The second-order valence-corrected chi connectivity index (χ2v) is 7.32. The van der Waals surface area contributed by atoms with Gasteiger partial charge in [-0.2, -0.15) is 0 Å². The molecule has 1 heterocycles. The van der Waals surface area contributed by atoms with E-state index in [1.54, 1.807) is 0 Å². The van der Waals surface area contributed by atoms with Crippen LogP contribution in [0.15, 0.2) is 78.9 Å². The molecular weight excluding hydrogens is 330 g/mol. The average Bonchev–Trinajstić information content (AvgIpc) is 2.73. The second kappa shape index (κ2) is 7.79. The van der Waals surface area contributed by atoms with E-state index in [9.17, 15) is 4.79 Å². The standard InChI is InChI=1S/C25H25NO/c1-19-11-13-22(14-12-19)26-18-17-20-7-5-6-10-23(20)24(26)15-16-25(27)21-8-3-2-4-9-21/h2-14,24H,15-18H2,1H3. The van der Waals surface area contributed by atoms with Crippen LogP contribution in [0.3, 0.4) is 0 Å². The van der Waals surface area contributed by atoms with Crippen molar-refractivity contribution in [2.45, 2.75) is 32.2 Å². The maximum absolute atomic E-state index is 12.7. The summed E-state index contributed by atoms with van der Waals surface area (Å²) in [6, 6.07) is 27.3. The van der Waals surface area contributed by atoms with Gasteiger partial charge in [0.25, 0.3) is 0 Å². The predicted molar refractivity (Wildman–Crippen MR) is 111 cm³/mol. The van der Waals surface area contributed by atoms with Crippen LogP contribution in [0.5, 0.6) is 0 Å². The van der Waals surface area contributed by atoms with Gasteiger partial charge in [0.05, 0.1) is 6.04 Å². The van der Waals surface area contributed by atoms with Crippen LogP contribution >= 0.6 is 0 Å². The van der Waals surface area contributed by atoms with Crippen LogP contribution in [0.1, 0.15) is 45.9 Å². The van der Waals surface area contributed by atoms with Gasteiger partial charge in [0, 0.05) is 24.2 Å². The molecule has 1 aliphatic rings. The highest BCUT2D eigenvalue weighted by Crippen LogP contribution is 2.36. The number of aryl methyl sites for hydroxylation is 1. The van der Waals surface area contributed by atoms with Gasteiger partial charge < -0.3 is 4.90 Å². The van der Waals surface area contributed by atoms with E-state index in [0.29, 0.717) is 6.42 Å². The molecule has 2 nitrogen and oxygen atoms in total. The summed E-state index contributed by atoms with van der Waals surface area (Å²) >= 11 is 0. The summed E-state index contributed by atoms with van der Waals surface area (Å²) < 4.78 is 0. The van der Waals surface area contributed by atoms with Gasteiger partial charge in [0.15, 0.2) is 5.78 Å². The lowest BCUT2D eigenvalue weighted by atomic mass is 9.88. The maximum Gasteiger partial charge on any atom is 0.162 e. The van der Waals surface area contributed by atoms with Crippen LogP contribution in [0.2, 0.25) is 0 Å². The van der Waals surface area contributed by atoms with E-state index in [-0.39, 0.29) is 11.8 Å². The summed E-state index contributed by atoms with van der Waals surface area (Å²) in [4.78, 5) is 15.1. The SMILES string of the molecule is Cc1ccc(N2CCc3ccccc3C2CCC(=O)c2ccccc2)cc1. The lowest BCUT2D eigenvalue weighted by molar-refractivity contribution is 0.0977. The monoisotopic (exact) mass is 355 g/mol. The zero-order chi connectivity index (χ0) is 18.6. The van der Waals surface area contributed by atoms with Crippen LogP contribution < -0.4 is 4.90 Å². The van der Waals surface area contributed by atoms with Crippen molar-refractivity contribution in [2.75, 3.05) is 11.4 Å². The fraction of sp³-hybridized carbons (Fsp3) is 0.240. The zero-order valence-electron chi connectivity index (χ0n) is 15.8. The molecule has 136 valence electrons. The van der Waals surface area contributed by atoms with Crippen molar-refractivity contribution in [3.8, 4) is 0 Å². The number of Topliss-reactive ketones (excluding diaryl/α,β-unsaturated/α-hetero) is 1. The molecule has 0 amide bonds. The predicted octanol–water partition coefficient (Wildman–Crippen LogP) is 5.76. The molecule has 0 fully saturated rings. The highest BCUT2D eigenvalue weighted by molar-refractivity contribution is 5.96. The van der Waals surface area contributed by atoms with Gasteiger partial charge in [-0.3, -0.25) is 4.79 Å². The second-order valence-electron chi connectivity index (χ2n) is 7.32. The van der Waals surface area contributed by atoms with Gasteiger partial charge in [-0.1, -0.05) is 72.3 Å². The third-order valence-electron chi connectivity index (χ3n) is 5.52. The van der Waals surface area contributed by atoms with E-state index in [2.05, 4.69) is 60.4 Å². The minimum Gasteiger partial charge on any atom is -0.364 e. The van der Waals surface area contributed by atoms with E-state index in [0.717, 1.165) is 24.9 Å². The Labute approximate surface area is 161 Å². The minimum atomic E-state index is 0.225. The Bertz CT molecular complexity index is 915. The molecule has 1 atom stereocenters. The van der Waals surface area contributed by atoms with Crippen molar-refractivity contribution in [2.24, 2.45) is 0 Å². The van der Waals surface area contributed by atoms with Crippen molar-refractivity contribution in [3.63, 3.8) is 0 Å². The molecule has 3 aromatic carbocycles. The summed E-state index contributed by atoms with van der Waals surface area (Å²) in [6.45, 7) is 3.11. The van der Waals surface area contributed by atoms with Gasteiger partial charge in [-0.25, -0.2) is 0 Å². The average molecular weight is 355 g/mol. The molecule has 0 bridgehead atoms. The van der Waals surface area contributed by atoms with E-state index >= 15 is 0 Å². The number of carbonyl (C=O) groups is 1. The van der Waals surface area contributed by atoms with Crippen molar-refractivity contribution in [1.29, 1.82) is 0 Å². The van der Waals surface area contributed by atoms with Gasteiger partial charge in [-0.15, -0.1) is 0 Å². The molecule has 27 heavy (non-hydrogen) atoms. The number of fused-ring (bicyclic) bond motifs is 1. The third kappa shape index (κ3) is 3.80. The number of nitrogens with zero attached hydrogens (tertiary/aromatic N) is 1. The number of benzene rings is 3. The van der Waals surface area contributed by atoms with Crippen molar-refractivity contribution in [1.82, 2.24) is 0 Å². The number of hydrogen-bond donors (Lipinski definition) is 0. The van der Waals surface area contributed by atoms with Crippen LogP contribution in [-0.2, 0) is 6.42 Å². The Hall–Kier alpha value is -2.87. The third-order valence-corrected chi connectivity index (χ3v) is 5.52. The molecule has 0 radical (unpaired) electrons. The number of hydrogen-bond acceptors (Lipinski definition) is 2. The van der Waals surface area contributed by atoms with Gasteiger partial charge in [0.1, 0.15) is 0 Å². The molecular formula is C25H25NO. The summed E-state index contributed by atoms with van der Waals surface area (Å²) in [5, 5.41) is 0. The Morgan fingerprint density at radius 1 is 0.926 bits per heavy atom. The summed E-state index contributed by atoms with van der Waals surface area (Å²) in [6.07, 6.45) is 2.44. The van der Waals surface area contributed by atoms with Crippen LogP contribution in [0, 0.1) is 6.92 Å². The lowest BCUT2D eigenvalue weighted by Gasteiger charge is -2.39. The topological polar surface area (TPSA) is 20.3 Å². The maximum atomic E-state index is 12.7. The van der Waals surface area contributed by atoms with Gasteiger partial charge in [0.2, 0.25) is 0 Å². The van der Waals surface area contributed by atoms with E-state index in [1.165, 1.54) is 22.4 Å². The molecule has 0 N–H and O–H groups in total.